The third kappa shape index (κ3) is 5.34. The first-order valence-electron chi connectivity index (χ1n) is 6.87. The molecule has 7 nitrogen and oxygen atoms in total. The molecule has 1 unspecified atom stereocenters. The number of hydrogen-bond donors (Lipinski definition) is 2. The Hall–Kier alpha value is -1.34. The number of piperidine rings is 1. The largest absolute Gasteiger partial charge is 0.479 e. The number of carboxylic acid groups (broad SMARTS) is 1. The second-order valence-corrected chi connectivity index (χ2v) is 5.38. The lowest BCUT2D eigenvalue weighted by molar-refractivity contribution is -0.148. The molecule has 0 aliphatic carbocycles. The minimum Gasteiger partial charge on any atom is -0.479 e. The standard InChI is InChI=1S/C13H25N3O4/c1-15-6-4-10(5-7-15)9-16(2)13(19)14-8-11(20-3)12(17)18/h10-11H,4-9H2,1-3H3,(H,14,19)(H,17,18). The summed E-state index contributed by atoms with van der Waals surface area (Å²) < 4.78 is 4.77. The predicted octanol–water partition coefficient (Wildman–Crippen LogP) is 0.0692. The van der Waals surface area contributed by atoms with Crippen molar-refractivity contribution in [3.05, 3.63) is 0 Å². The zero-order valence-electron chi connectivity index (χ0n) is 12.5. The summed E-state index contributed by atoms with van der Waals surface area (Å²) in [4.78, 5) is 26.5. The van der Waals surface area contributed by atoms with Crippen LogP contribution in [0.4, 0.5) is 4.79 Å². The smallest absolute Gasteiger partial charge is 0.334 e. The molecule has 0 aromatic carbocycles. The highest BCUT2D eigenvalue weighted by molar-refractivity contribution is 5.76. The van der Waals surface area contributed by atoms with Crippen molar-refractivity contribution in [3.63, 3.8) is 0 Å². The molecule has 1 fully saturated rings. The molecule has 1 rings (SSSR count). The average molecular weight is 287 g/mol. The monoisotopic (exact) mass is 287 g/mol. The number of aliphatic carboxylic acids is 1. The van der Waals surface area contributed by atoms with Gasteiger partial charge in [-0.1, -0.05) is 0 Å². The first kappa shape index (κ1) is 16.7. The summed E-state index contributed by atoms with van der Waals surface area (Å²) >= 11 is 0. The molecule has 1 heterocycles. The van der Waals surface area contributed by atoms with Crippen LogP contribution >= 0.6 is 0 Å². The number of urea groups is 1. The Labute approximate surface area is 119 Å². The van der Waals surface area contributed by atoms with E-state index < -0.39 is 12.1 Å². The van der Waals surface area contributed by atoms with Crippen LogP contribution in [0.1, 0.15) is 12.8 Å². The molecule has 2 amide bonds. The first-order chi connectivity index (χ1) is 9.43. The number of amides is 2. The van der Waals surface area contributed by atoms with Gasteiger partial charge in [-0.15, -0.1) is 0 Å². The third-order valence-corrected chi connectivity index (χ3v) is 3.72. The number of rotatable bonds is 6. The fourth-order valence-corrected chi connectivity index (χ4v) is 2.30. The highest BCUT2D eigenvalue weighted by Gasteiger charge is 2.22. The van der Waals surface area contributed by atoms with Crippen LogP contribution in [0.2, 0.25) is 0 Å². The van der Waals surface area contributed by atoms with Gasteiger partial charge in [0.2, 0.25) is 0 Å². The van der Waals surface area contributed by atoms with Gasteiger partial charge in [-0.05, 0) is 38.9 Å². The topological polar surface area (TPSA) is 82.1 Å². The molecule has 0 aromatic heterocycles. The van der Waals surface area contributed by atoms with Crippen molar-refractivity contribution in [1.29, 1.82) is 0 Å². The van der Waals surface area contributed by atoms with Gasteiger partial charge in [0.05, 0.1) is 6.54 Å². The van der Waals surface area contributed by atoms with Crippen molar-refractivity contribution in [2.45, 2.75) is 18.9 Å². The second-order valence-electron chi connectivity index (χ2n) is 5.38. The molecule has 1 atom stereocenters. The fraction of sp³-hybridized carbons (Fsp3) is 0.846. The first-order valence-corrected chi connectivity index (χ1v) is 6.87. The quantitative estimate of drug-likeness (QED) is 0.722. The van der Waals surface area contributed by atoms with Crippen LogP contribution in [0.15, 0.2) is 0 Å². The number of nitrogens with zero attached hydrogens (tertiary/aromatic N) is 2. The lowest BCUT2D eigenvalue weighted by Crippen LogP contribution is -2.45. The molecular formula is C13H25N3O4. The summed E-state index contributed by atoms with van der Waals surface area (Å²) in [5.41, 5.74) is 0. The van der Waals surface area contributed by atoms with Gasteiger partial charge >= 0.3 is 12.0 Å². The van der Waals surface area contributed by atoms with Gasteiger partial charge in [-0.25, -0.2) is 9.59 Å². The van der Waals surface area contributed by atoms with Crippen LogP contribution in [-0.2, 0) is 9.53 Å². The molecule has 1 aliphatic rings. The maximum Gasteiger partial charge on any atom is 0.334 e. The van der Waals surface area contributed by atoms with E-state index in [2.05, 4.69) is 17.3 Å². The third-order valence-electron chi connectivity index (χ3n) is 3.72. The molecule has 2 N–H and O–H groups in total. The zero-order chi connectivity index (χ0) is 15.1. The van der Waals surface area contributed by atoms with Crippen LogP contribution in [0.3, 0.4) is 0 Å². The minimum absolute atomic E-state index is 0.0254. The van der Waals surface area contributed by atoms with Gasteiger partial charge in [0.15, 0.2) is 6.10 Å². The van der Waals surface area contributed by atoms with Gasteiger partial charge in [-0.3, -0.25) is 0 Å². The van der Waals surface area contributed by atoms with Crippen LogP contribution in [0, 0.1) is 5.92 Å². The summed E-state index contributed by atoms with van der Waals surface area (Å²) in [7, 11) is 5.15. The molecule has 1 saturated heterocycles. The van der Waals surface area contributed by atoms with Gasteiger partial charge in [-0.2, -0.15) is 0 Å². The number of carbonyl (C=O) groups is 2. The molecule has 0 radical (unpaired) electrons. The molecule has 20 heavy (non-hydrogen) atoms. The van der Waals surface area contributed by atoms with E-state index in [0.717, 1.165) is 25.9 Å². The van der Waals surface area contributed by atoms with E-state index in [1.807, 2.05) is 0 Å². The van der Waals surface area contributed by atoms with E-state index in [1.165, 1.54) is 7.11 Å². The summed E-state index contributed by atoms with van der Waals surface area (Å²) in [6.07, 6.45) is 1.17. The Morgan fingerprint density at radius 3 is 2.55 bits per heavy atom. The molecule has 0 bridgehead atoms. The summed E-state index contributed by atoms with van der Waals surface area (Å²) in [6, 6.07) is -0.257. The van der Waals surface area contributed by atoms with E-state index in [1.54, 1.807) is 11.9 Å². The molecule has 0 saturated carbocycles. The number of hydrogen-bond acceptors (Lipinski definition) is 4. The van der Waals surface area contributed by atoms with Crippen molar-refractivity contribution in [3.8, 4) is 0 Å². The average Bonchev–Trinajstić information content (AvgIpc) is 2.41. The Bertz CT molecular complexity index is 330. The maximum absolute atomic E-state index is 11.9. The fourth-order valence-electron chi connectivity index (χ4n) is 2.30. The van der Waals surface area contributed by atoms with Crippen molar-refractivity contribution in [2.75, 3.05) is 47.4 Å². The van der Waals surface area contributed by atoms with Crippen LogP contribution < -0.4 is 5.32 Å². The Morgan fingerprint density at radius 2 is 2.05 bits per heavy atom. The van der Waals surface area contributed by atoms with Crippen LogP contribution in [0.25, 0.3) is 0 Å². The number of methoxy groups -OCH3 is 1. The van der Waals surface area contributed by atoms with E-state index >= 15 is 0 Å². The van der Waals surface area contributed by atoms with Crippen LogP contribution in [0.5, 0.6) is 0 Å². The van der Waals surface area contributed by atoms with Crippen molar-refractivity contribution in [2.24, 2.45) is 5.92 Å². The van der Waals surface area contributed by atoms with Crippen molar-refractivity contribution < 1.29 is 19.4 Å². The van der Waals surface area contributed by atoms with Gasteiger partial charge in [0.25, 0.3) is 0 Å². The van der Waals surface area contributed by atoms with E-state index in [9.17, 15) is 9.59 Å². The summed E-state index contributed by atoms with van der Waals surface area (Å²) in [5, 5.41) is 11.4. The maximum atomic E-state index is 11.9. The van der Waals surface area contributed by atoms with E-state index in [0.29, 0.717) is 12.5 Å². The molecule has 7 heteroatoms. The molecule has 0 spiro atoms. The highest BCUT2D eigenvalue weighted by atomic mass is 16.5. The second kappa shape index (κ2) is 8.06. The molecule has 1 aliphatic heterocycles. The van der Waals surface area contributed by atoms with E-state index in [4.69, 9.17) is 9.84 Å². The molecule has 0 aromatic rings. The Kier molecular flexibility index (Phi) is 6.74. The van der Waals surface area contributed by atoms with Crippen molar-refractivity contribution in [1.82, 2.24) is 15.1 Å². The number of nitrogens with one attached hydrogen (secondary N) is 1. The number of likely N-dealkylation sites (tertiary alicyclic amines) is 1. The lowest BCUT2D eigenvalue weighted by Gasteiger charge is -2.31. The van der Waals surface area contributed by atoms with Gasteiger partial charge in [0, 0.05) is 20.7 Å². The summed E-state index contributed by atoms with van der Waals surface area (Å²) in [5.74, 6) is -0.564. The normalized spacial score (nSPS) is 18.6. The van der Waals surface area contributed by atoms with E-state index in [-0.39, 0.29) is 12.6 Å². The van der Waals surface area contributed by atoms with Crippen molar-refractivity contribution >= 4 is 12.0 Å². The summed E-state index contributed by atoms with van der Waals surface area (Å²) in [6.45, 7) is 2.79. The number of carbonyl (C=O) groups excluding carboxylic acids is 1. The number of ether oxygens (including phenoxy) is 1. The predicted molar refractivity (Wildman–Crippen MR) is 74.7 cm³/mol. The number of carboxylic acids is 1. The molecule has 116 valence electrons. The van der Waals surface area contributed by atoms with Gasteiger partial charge in [0.1, 0.15) is 0 Å². The minimum atomic E-state index is -1.08. The van der Waals surface area contributed by atoms with Crippen LogP contribution in [-0.4, -0.2) is 80.4 Å². The zero-order valence-corrected chi connectivity index (χ0v) is 12.5. The Balaban J connectivity index is 2.30. The SMILES string of the molecule is COC(CNC(=O)N(C)CC1CCN(C)CC1)C(=O)O. The highest BCUT2D eigenvalue weighted by Crippen LogP contribution is 2.16. The lowest BCUT2D eigenvalue weighted by atomic mass is 9.97. The molecular weight excluding hydrogens is 262 g/mol. The Morgan fingerprint density at radius 1 is 1.45 bits per heavy atom. The van der Waals surface area contributed by atoms with Gasteiger partial charge < -0.3 is 25.0 Å².